The van der Waals surface area contributed by atoms with Crippen LogP contribution < -0.4 is 0 Å². The number of nitrogens with zero attached hydrogens (tertiary/aromatic N) is 1. The van der Waals surface area contributed by atoms with E-state index in [1.807, 2.05) is 12.1 Å². The van der Waals surface area contributed by atoms with E-state index >= 15 is 0 Å². The van der Waals surface area contributed by atoms with Crippen LogP contribution in [0.15, 0.2) is 24.9 Å². The van der Waals surface area contributed by atoms with E-state index in [0.29, 0.717) is 5.56 Å². The van der Waals surface area contributed by atoms with Crippen molar-refractivity contribution in [1.29, 1.82) is 0 Å². The Balaban J connectivity index is 1.94. The number of rotatable bonds is 2. The first-order chi connectivity index (χ1) is 11.5. The molecule has 7 nitrogen and oxygen atoms in total. The highest BCUT2D eigenvalue weighted by molar-refractivity contribution is 5.86. The van der Waals surface area contributed by atoms with Crippen LogP contribution in [0.4, 0.5) is 0 Å². The van der Waals surface area contributed by atoms with Crippen molar-refractivity contribution in [2.24, 2.45) is 0 Å². The monoisotopic (exact) mass is 330 g/mol. The molecule has 0 unspecified atom stereocenters. The molecule has 0 radical (unpaired) electrons. The number of hydrogen-bond donors (Lipinski definition) is 5. The Morgan fingerprint density at radius 1 is 1.25 bits per heavy atom. The fourth-order valence-electron chi connectivity index (χ4n) is 2.67. The summed E-state index contributed by atoms with van der Waals surface area (Å²) in [5.41, 5.74) is 2.23. The fourth-order valence-corrected chi connectivity index (χ4v) is 2.67. The van der Waals surface area contributed by atoms with Gasteiger partial charge in [-0.15, -0.1) is 0 Å². The molecule has 1 aliphatic heterocycles. The summed E-state index contributed by atoms with van der Waals surface area (Å²) in [5, 5.41) is 46.5. The molecule has 7 heteroatoms. The number of aliphatic hydroxyl groups excluding tert-OH is 4. The Morgan fingerprint density at radius 3 is 2.75 bits per heavy atom. The van der Waals surface area contributed by atoms with Crippen molar-refractivity contribution in [1.82, 2.24) is 10.2 Å². The van der Waals surface area contributed by atoms with Crippen LogP contribution in [-0.4, -0.2) is 67.8 Å². The lowest BCUT2D eigenvalue weighted by Gasteiger charge is -2.37. The van der Waals surface area contributed by atoms with Gasteiger partial charge < -0.3 is 25.2 Å². The number of benzene rings is 1. The molecule has 0 bridgehead atoms. The van der Waals surface area contributed by atoms with E-state index in [1.165, 1.54) is 0 Å². The van der Waals surface area contributed by atoms with Gasteiger partial charge in [0.1, 0.15) is 30.5 Å². The number of nitrogens with one attached hydrogen (secondary N) is 1. The van der Waals surface area contributed by atoms with Gasteiger partial charge in [0.25, 0.3) is 0 Å². The van der Waals surface area contributed by atoms with Crippen LogP contribution in [0.5, 0.6) is 0 Å². The average molecular weight is 330 g/mol. The number of fused-ring (bicyclic) bond motifs is 1. The molecule has 24 heavy (non-hydrogen) atoms. The van der Waals surface area contributed by atoms with Crippen LogP contribution in [0, 0.1) is 11.8 Å². The number of aromatic amines is 1. The fraction of sp³-hybridized carbons (Fsp3) is 0.353. The highest BCUT2D eigenvalue weighted by Gasteiger charge is 2.42. The zero-order valence-corrected chi connectivity index (χ0v) is 12.8. The molecule has 0 saturated carbocycles. The van der Waals surface area contributed by atoms with E-state index in [0.717, 1.165) is 16.5 Å². The summed E-state index contributed by atoms with van der Waals surface area (Å²) < 4.78 is 5.37. The Labute approximate surface area is 138 Å². The van der Waals surface area contributed by atoms with E-state index in [2.05, 4.69) is 28.6 Å². The third kappa shape index (κ3) is 2.94. The summed E-state index contributed by atoms with van der Waals surface area (Å²) in [6, 6.07) is 3.72. The predicted octanol–water partition coefficient (Wildman–Crippen LogP) is -0.600. The van der Waals surface area contributed by atoms with Gasteiger partial charge in [0, 0.05) is 5.39 Å². The molecule has 5 N–H and O–H groups in total. The molecule has 2 heterocycles. The number of H-pyrrole nitrogens is 1. The summed E-state index contributed by atoms with van der Waals surface area (Å²) in [7, 11) is 0. The summed E-state index contributed by atoms with van der Waals surface area (Å²) in [4.78, 5) is 0. The molecule has 1 fully saturated rings. The lowest BCUT2D eigenvalue weighted by molar-refractivity contribution is -0.214. The molecule has 0 aliphatic carbocycles. The second kappa shape index (κ2) is 6.73. The molecule has 2 aromatic rings. The first-order valence-corrected chi connectivity index (χ1v) is 7.46. The van der Waals surface area contributed by atoms with Crippen molar-refractivity contribution < 1.29 is 25.2 Å². The maximum Gasteiger partial charge on any atom is 0.147 e. The van der Waals surface area contributed by atoms with Crippen LogP contribution in [0.2, 0.25) is 0 Å². The topological polar surface area (TPSA) is 119 Å². The van der Waals surface area contributed by atoms with Crippen LogP contribution in [0.1, 0.15) is 11.1 Å². The van der Waals surface area contributed by atoms with Crippen LogP contribution >= 0.6 is 0 Å². The SMILES string of the molecule is C=Cc1cc(C#C[C@H]2O[C@H](CO)[C@@H](O)[C@H](O)[C@@H]2O)c2[nH]ncc2c1. The molecule has 0 amide bonds. The summed E-state index contributed by atoms with van der Waals surface area (Å²) >= 11 is 0. The van der Waals surface area contributed by atoms with Gasteiger partial charge in [-0.1, -0.05) is 24.5 Å². The third-order valence-corrected chi connectivity index (χ3v) is 4.05. The largest absolute Gasteiger partial charge is 0.394 e. The van der Waals surface area contributed by atoms with Crippen molar-refractivity contribution in [3.8, 4) is 11.8 Å². The van der Waals surface area contributed by atoms with Gasteiger partial charge in [-0.25, -0.2) is 0 Å². The highest BCUT2D eigenvalue weighted by Crippen LogP contribution is 2.22. The predicted molar refractivity (Wildman–Crippen MR) is 86.8 cm³/mol. The minimum atomic E-state index is -1.44. The Bertz CT molecular complexity index is 804. The molecule has 5 atom stereocenters. The van der Waals surface area contributed by atoms with Gasteiger partial charge in [-0.2, -0.15) is 5.10 Å². The third-order valence-electron chi connectivity index (χ3n) is 4.05. The van der Waals surface area contributed by atoms with Gasteiger partial charge in [0.05, 0.1) is 23.9 Å². The van der Waals surface area contributed by atoms with E-state index in [-0.39, 0.29) is 0 Å². The molecule has 0 spiro atoms. The van der Waals surface area contributed by atoms with Crippen molar-refractivity contribution in [2.45, 2.75) is 30.5 Å². The first-order valence-electron chi connectivity index (χ1n) is 7.46. The number of aliphatic hydroxyl groups is 4. The van der Waals surface area contributed by atoms with Gasteiger partial charge in [-0.05, 0) is 17.7 Å². The molecule has 1 aromatic carbocycles. The molecule has 126 valence electrons. The molecule has 3 rings (SSSR count). The summed E-state index contributed by atoms with van der Waals surface area (Å²) in [6.07, 6.45) is -2.88. The molecule has 1 saturated heterocycles. The Kier molecular flexibility index (Phi) is 4.66. The normalized spacial score (nSPS) is 29.9. The Hall–Kier alpha value is -2.21. The van der Waals surface area contributed by atoms with Gasteiger partial charge in [-0.3, -0.25) is 5.10 Å². The Morgan fingerprint density at radius 2 is 2.04 bits per heavy atom. The smallest absolute Gasteiger partial charge is 0.147 e. The minimum absolute atomic E-state index is 0.486. The zero-order valence-electron chi connectivity index (χ0n) is 12.8. The van der Waals surface area contributed by atoms with Crippen molar-refractivity contribution >= 4 is 17.0 Å². The van der Waals surface area contributed by atoms with Crippen molar-refractivity contribution in [2.75, 3.05) is 6.61 Å². The number of aromatic nitrogens is 2. The van der Waals surface area contributed by atoms with Crippen molar-refractivity contribution in [3.63, 3.8) is 0 Å². The summed E-state index contributed by atoms with van der Waals surface area (Å²) in [5.74, 6) is 5.65. The van der Waals surface area contributed by atoms with Crippen LogP contribution in [0.25, 0.3) is 17.0 Å². The van der Waals surface area contributed by atoms with Crippen molar-refractivity contribution in [3.05, 3.63) is 36.0 Å². The highest BCUT2D eigenvalue weighted by atomic mass is 16.5. The van der Waals surface area contributed by atoms with Crippen LogP contribution in [0.3, 0.4) is 0 Å². The molecule has 1 aliphatic rings. The average Bonchev–Trinajstić information content (AvgIpc) is 3.07. The second-order valence-corrected chi connectivity index (χ2v) is 5.63. The van der Waals surface area contributed by atoms with Gasteiger partial charge in [0.15, 0.2) is 0 Å². The molecule has 1 aromatic heterocycles. The minimum Gasteiger partial charge on any atom is -0.394 e. The maximum absolute atomic E-state index is 10.0. The van der Waals surface area contributed by atoms with E-state index in [9.17, 15) is 20.4 Å². The molecular weight excluding hydrogens is 312 g/mol. The summed E-state index contributed by atoms with van der Waals surface area (Å²) in [6.45, 7) is 3.25. The quantitative estimate of drug-likeness (QED) is 0.469. The van der Waals surface area contributed by atoms with Gasteiger partial charge >= 0.3 is 0 Å². The first kappa shape index (κ1) is 16.6. The van der Waals surface area contributed by atoms with E-state index in [1.54, 1.807) is 12.3 Å². The zero-order chi connectivity index (χ0) is 17.3. The number of ether oxygens (including phenoxy) is 1. The standard InChI is InChI=1S/C17H18N2O5/c1-2-9-5-10(14-11(6-9)7-18-19-14)3-4-12-15(21)17(23)16(22)13(8-20)24-12/h2,5-7,12-13,15-17,20-23H,1,8H2,(H,18,19)/t12-,13-,15-,16-,17-/m1/s1. The lowest BCUT2D eigenvalue weighted by Crippen LogP contribution is -2.58. The number of hydrogen-bond acceptors (Lipinski definition) is 6. The molecular formula is C17H18N2O5. The van der Waals surface area contributed by atoms with E-state index in [4.69, 9.17) is 4.74 Å². The van der Waals surface area contributed by atoms with Crippen LogP contribution in [-0.2, 0) is 4.74 Å². The van der Waals surface area contributed by atoms with E-state index < -0.39 is 37.1 Å². The second-order valence-electron chi connectivity index (χ2n) is 5.63. The lowest BCUT2D eigenvalue weighted by atomic mass is 9.95. The van der Waals surface area contributed by atoms with Gasteiger partial charge in [0.2, 0.25) is 0 Å². The maximum atomic E-state index is 10.0.